The van der Waals surface area contributed by atoms with Gasteiger partial charge < -0.3 is 15.0 Å². The van der Waals surface area contributed by atoms with Gasteiger partial charge >= 0.3 is 0 Å². The first kappa shape index (κ1) is 16.7. The normalized spacial score (nSPS) is 22.6. The van der Waals surface area contributed by atoms with Gasteiger partial charge in [0.1, 0.15) is 6.17 Å². The Balaban J connectivity index is 1.77. The quantitative estimate of drug-likeness (QED) is 0.840. The molecule has 0 aliphatic carbocycles. The fourth-order valence-electron chi connectivity index (χ4n) is 3.49. The van der Waals surface area contributed by atoms with Crippen LogP contribution in [0.3, 0.4) is 0 Å². The average molecular weight is 377 g/mol. The summed E-state index contributed by atoms with van der Waals surface area (Å²) >= 11 is 12.9. The number of ether oxygens (including phenoxy) is 1. The molecule has 0 bridgehead atoms. The fraction of sp³-hybridized carbons (Fsp3) is 0.316. The van der Waals surface area contributed by atoms with Crippen LogP contribution in [0.1, 0.15) is 34.9 Å². The van der Waals surface area contributed by atoms with E-state index in [1.165, 1.54) is 0 Å². The van der Waals surface area contributed by atoms with Crippen LogP contribution in [0.15, 0.2) is 42.5 Å². The maximum atomic E-state index is 13.2. The molecule has 1 saturated heterocycles. The number of rotatable bonds is 3. The minimum atomic E-state index is -0.423. The van der Waals surface area contributed by atoms with E-state index in [0.717, 1.165) is 25.1 Å². The van der Waals surface area contributed by atoms with Crippen molar-refractivity contribution in [1.29, 1.82) is 0 Å². The van der Waals surface area contributed by atoms with Crippen LogP contribution in [0.4, 0.5) is 5.69 Å². The predicted octanol–water partition coefficient (Wildman–Crippen LogP) is 4.74. The van der Waals surface area contributed by atoms with Gasteiger partial charge in [0.05, 0.1) is 11.7 Å². The highest BCUT2D eigenvalue weighted by Crippen LogP contribution is 2.39. The fourth-order valence-corrected chi connectivity index (χ4v) is 4.09. The molecule has 2 heterocycles. The van der Waals surface area contributed by atoms with E-state index < -0.39 is 6.17 Å². The van der Waals surface area contributed by atoms with E-state index in [0.29, 0.717) is 27.7 Å². The second kappa shape index (κ2) is 6.87. The third-order valence-electron chi connectivity index (χ3n) is 4.72. The molecule has 1 fully saturated rings. The van der Waals surface area contributed by atoms with E-state index in [1.54, 1.807) is 23.1 Å². The average Bonchev–Trinajstić information content (AvgIpc) is 3.11. The minimum absolute atomic E-state index is 0.0363. The molecule has 4 rings (SSSR count). The lowest BCUT2D eigenvalue weighted by atomic mass is 10.0. The van der Waals surface area contributed by atoms with E-state index in [9.17, 15) is 4.79 Å². The van der Waals surface area contributed by atoms with Crippen molar-refractivity contribution in [1.82, 2.24) is 4.90 Å². The number of fused-ring (bicyclic) bond motifs is 1. The number of hydrogen-bond acceptors (Lipinski definition) is 3. The van der Waals surface area contributed by atoms with E-state index in [2.05, 4.69) is 5.32 Å². The standard InChI is InChI=1S/C19H18Cl2N2O2/c20-14-7-3-8-15(21)17(14)18-22-16-9-2-1-6-13(16)19(24)23(18)11-12-5-4-10-25-12/h1-3,6-9,12,18,22H,4-5,10-11H2. The van der Waals surface area contributed by atoms with Gasteiger partial charge in [-0.1, -0.05) is 41.4 Å². The molecule has 2 unspecified atom stereocenters. The first-order chi connectivity index (χ1) is 12.1. The van der Waals surface area contributed by atoms with Crippen LogP contribution < -0.4 is 5.32 Å². The molecule has 130 valence electrons. The molecular formula is C19H18Cl2N2O2. The lowest BCUT2D eigenvalue weighted by Crippen LogP contribution is -2.46. The molecule has 1 amide bonds. The number of anilines is 1. The van der Waals surface area contributed by atoms with E-state index in [-0.39, 0.29) is 12.0 Å². The number of halogens is 2. The summed E-state index contributed by atoms with van der Waals surface area (Å²) in [5.74, 6) is -0.0363. The van der Waals surface area contributed by atoms with Crippen molar-refractivity contribution in [3.8, 4) is 0 Å². The molecule has 1 N–H and O–H groups in total. The predicted molar refractivity (Wildman–Crippen MR) is 99.3 cm³/mol. The lowest BCUT2D eigenvalue weighted by molar-refractivity contribution is 0.0427. The summed E-state index contributed by atoms with van der Waals surface area (Å²) in [7, 11) is 0. The van der Waals surface area contributed by atoms with Crippen molar-refractivity contribution >= 4 is 34.8 Å². The van der Waals surface area contributed by atoms with Crippen molar-refractivity contribution < 1.29 is 9.53 Å². The number of nitrogens with zero attached hydrogens (tertiary/aromatic N) is 1. The molecule has 2 aliphatic rings. The van der Waals surface area contributed by atoms with Crippen molar-refractivity contribution in [2.75, 3.05) is 18.5 Å². The zero-order chi connectivity index (χ0) is 17.4. The SMILES string of the molecule is O=C1c2ccccc2NC(c2c(Cl)cccc2Cl)N1CC1CCCO1. The van der Waals surface area contributed by atoms with Gasteiger partial charge in [0.25, 0.3) is 5.91 Å². The van der Waals surface area contributed by atoms with E-state index >= 15 is 0 Å². The maximum Gasteiger partial charge on any atom is 0.257 e. The molecule has 2 atom stereocenters. The van der Waals surface area contributed by atoms with Crippen molar-refractivity contribution in [2.45, 2.75) is 25.1 Å². The zero-order valence-electron chi connectivity index (χ0n) is 13.5. The topological polar surface area (TPSA) is 41.6 Å². The second-order valence-corrected chi connectivity index (χ2v) is 7.13. The summed E-state index contributed by atoms with van der Waals surface area (Å²) in [5.41, 5.74) is 2.16. The molecule has 6 heteroatoms. The molecule has 0 saturated carbocycles. The summed E-state index contributed by atoms with van der Waals surface area (Å²) < 4.78 is 5.75. The van der Waals surface area contributed by atoms with Crippen molar-refractivity contribution in [2.24, 2.45) is 0 Å². The summed E-state index contributed by atoms with van der Waals surface area (Å²) in [6, 6.07) is 12.9. The van der Waals surface area contributed by atoms with Crippen LogP contribution in [0.25, 0.3) is 0 Å². The molecule has 4 nitrogen and oxygen atoms in total. The van der Waals surface area contributed by atoms with Crippen molar-refractivity contribution in [3.63, 3.8) is 0 Å². The number of amides is 1. The Hall–Kier alpha value is -1.75. The molecule has 25 heavy (non-hydrogen) atoms. The van der Waals surface area contributed by atoms with Crippen molar-refractivity contribution in [3.05, 3.63) is 63.6 Å². The second-order valence-electron chi connectivity index (χ2n) is 6.32. The zero-order valence-corrected chi connectivity index (χ0v) is 15.1. The molecule has 2 aliphatic heterocycles. The number of carbonyl (C=O) groups excluding carboxylic acids is 1. The van der Waals surface area contributed by atoms with E-state index in [4.69, 9.17) is 27.9 Å². The van der Waals surface area contributed by atoms with Crippen LogP contribution in [0.5, 0.6) is 0 Å². The largest absolute Gasteiger partial charge is 0.376 e. The Kier molecular flexibility index (Phi) is 4.59. The molecule has 2 aromatic rings. The number of para-hydroxylation sites is 1. The summed E-state index contributed by atoms with van der Waals surface area (Å²) in [5, 5.41) is 4.50. The third kappa shape index (κ3) is 3.10. The first-order valence-corrected chi connectivity index (χ1v) is 9.13. The minimum Gasteiger partial charge on any atom is -0.376 e. The Labute approximate surface area is 156 Å². The van der Waals surface area contributed by atoms with Crippen LogP contribution in [0, 0.1) is 0 Å². The lowest BCUT2D eigenvalue weighted by Gasteiger charge is -2.39. The van der Waals surface area contributed by atoms with Gasteiger partial charge in [0.15, 0.2) is 0 Å². The highest BCUT2D eigenvalue weighted by Gasteiger charge is 2.36. The number of hydrogen-bond donors (Lipinski definition) is 1. The Morgan fingerprint density at radius 2 is 1.88 bits per heavy atom. The van der Waals surface area contributed by atoms with Crippen LogP contribution in [-0.2, 0) is 4.74 Å². The van der Waals surface area contributed by atoms with Gasteiger partial charge in [0.2, 0.25) is 0 Å². The van der Waals surface area contributed by atoms with Gasteiger partial charge in [-0.3, -0.25) is 4.79 Å². The van der Waals surface area contributed by atoms with Gasteiger partial charge in [-0.25, -0.2) is 0 Å². The van der Waals surface area contributed by atoms with Gasteiger partial charge in [-0.15, -0.1) is 0 Å². The summed E-state index contributed by atoms with van der Waals surface area (Å²) in [6.45, 7) is 1.25. The third-order valence-corrected chi connectivity index (χ3v) is 5.38. The van der Waals surface area contributed by atoms with E-state index in [1.807, 2.05) is 24.3 Å². The monoisotopic (exact) mass is 376 g/mol. The van der Waals surface area contributed by atoms with Gasteiger partial charge in [0, 0.05) is 34.4 Å². The number of nitrogens with one attached hydrogen (secondary N) is 1. The Morgan fingerprint density at radius 1 is 1.12 bits per heavy atom. The summed E-state index contributed by atoms with van der Waals surface area (Å²) in [4.78, 5) is 14.9. The highest BCUT2D eigenvalue weighted by molar-refractivity contribution is 6.36. The Morgan fingerprint density at radius 3 is 2.60 bits per heavy atom. The molecule has 0 radical (unpaired) electrons. The van der Waals surface area contributed by atoms with Gasteiger partial charge in [-0.05, 0) is 37.1 Å². The van der Waals surface area contributed by atoms with Gasteiger partial charge in [-0.2, -0.15) is 0 Å². The smallest absolute Gasteiger partial charge is 0.257 e. The van der Waals surface area contributed by atoms with Crippen LogP contribution in [0.2, 0.25) is 10.0 Å². The number of benzene rings is 2. The molecule has 0 spiro atoms. The first-order valence-electron chi connectivity index (χ1n) is 8.37. The van der Waals surface area contributed by atoms with Crippen LogP contribution in [-0.4, -0.2) is 30.1 Å². The van der Waals surface area contributed by atoms with Crippen LogP contribution >= 0.6 is 23.2 Å². The number of carbonyl (C=O) groups is 1. The highest BCUT2D eigenvalue weighted by atomic mass is 35.5. The maximum absolute atomic E-state index is 13.2. The summed E-state index contributed by atoms with van der Waals surface area (Å²) in [6.07, 6.45) is 1.59. The molecule has 0 aromatic heterocycles. The Bertz CT molecular complexity index is 786. The molecular weight excluding hydrogens is 359 g/mol. The molecule has 2 aromatic carbocycles.